The molecule has 2 aromatic carbocycles. The molecule has 0 N–H and O–H groups in total. The Morgan fingerprint density at radius 2 is 1.84 bits per heavy atom. The van der Waals surface area contributed by atoms with Crippen LogP contribution in [0.1, 0.15) is 21.5 Å². The Balaban J connectivity index is 1.72. The first kappa shape index (κ1) is 15.3. The molecule has 0 spiro atoms. The summed E-state index contributed by atoms with van der Waals surface area (Å²) in [6.45, 7) is 0. The number of nitro groups is 1. The second-order valence-electron chi connectivity index (χ2n) is 6.22. The summed E-state index contributed by atoms with van der Waals surface area (Å²) in [6.07, 6.45) is 8.63. The number of benzene rings is 2. The van der Waals surface area contributed by atoms with Crippen molar-refractivity contribution in [3.63, 3.8) is 0 Å². The van der Waals surface area contributed by atoms with E-state index in [4.69, 9.17) is 0 Å². The fraction of sp³-hybridized carbons (Fsp3) is 0.0952. The molecule has 0 saturated heterocycles. The zero-order chi connectivity index (χ0) is 17.4. The zero-order valence-corrected chi connectivity index (χ0v) is 13.4. The normalized spacial score (nSPS) is 20.0. The van der Waals surface area contributed by atoms with Crippen molar-refractivity contribution in [3.8, 4) is 0 Å². The number of fused-ring (bicyclic) bond motifs is 2. The summed E-state index contributed by atoms with van der Waals surface area (Å²) in [5, 5.41) is 10.8. The van der Waals surface area contributed by atoms with Crippen LogP contribution in [0.2, 0.25) is 0 Å². The van der Waals surface area contributed by atoms with E-state index in [-0.39, 0.29) is 17.4 Å². The van der Waals surface area contributed by atoms with E-state index in [0.717, 1.165) is 34.3 Å². The minimum absolute atomic E-state index is 0.0598. The van der Waals surface area contributed by atoms with Crippen molar-refractivity contribution >= 4 is 17.5 Å². The molecule has 0 saturated carbocycles. The topological polar surface area (TPSA) is 60.2 Å². The molecule has 1 atom stereocenters. The summed E-state index contributed by atoms with van der Waals surface area (Å²) >= 11 is 0. The van der Waals surface area contributed by atoms with Crippen molar-refractivity contribution in [1.82, 2.24) is 0 Å². The lowest BCUT2D eigenvalue weighted by Gasteiger charge is -2.29. The maximum Gasteiger partial charge on any atom is 0.269 e. The van der Waals surface area contributed by atoms with Crippen LogP contribution in [-0.4, -0.2) is 10.7 Å². The third-order valence-electron chi connectivity index (χ3n) is 4.68. The van der Waals surface area contributed by atoms with Crippen molar-refractivity contribution < 1.29 is 9.72 Å². The molecule has 122 valence electrons. The van der Waals surface area contributed by atoms with Crippen LogP contribution >= 0.6 is 0 Å². The highest BCUT2D eigenvalue weighted by Crippen LogP contribution is 2.37. The second kappa shape index (κ2) is 5.98. The minimum atomic E-state index is -0.417. The molecule has 0 bridgehead atoms. The summed E-state index contributed by atoms with van der Waals surface area (Å²) in [6, 6.07) is 14.1. The lowest BCUT2D eigenvalue weighted by atomic mass is 9.73. The fourth-order valence-electron chi connectivity index (χ4n) is 3.48. The Morgan fingerprint density at radius 3 is 2.60 bits per heavy atom. The number of rotatable bonds is 2. The van der Waals surface area contributed by atoms with Gasteiger partial charge in [-0.15, -0.1) is 0 Å². The van der Waals surface area contributed by atoms with E-state index in [1.807, 2.05) is 48.6 Å². The standard InChI is InChI=1S/C21H15NO3/c23-21-19-7-2-1-4-15(19)13-17-6-3-5-16(20(17)21)12-14-8-10-18(11-9-14)22(24)25/h1-12,20H,13H2. The number of allylic oxidation sites excluding steroid dienone is 5. The molecule has 2 aliphatic rings. The molecule has 0 aliphatic heterocycles. The molecule has 2 aliphatic carbocycles. The predicted octanol–water partition coefficient (Wildman–Crippen LogP) is 4.53. The van der Waals surface area contributed by atoms with Gasteiger partial charge in [-0.3, -0.25) is 14.9 Å². The van der Waals surface area contributed by atoms with Gasteiger partial charge in [0.15, 0.2) is 5.78 Å². The molecule has 25 heavy (non-hydrogen) atoms. The lowest BCUT2D eigenvalue weighted by molar-refractivity contribution is -0.384. The first-order valence-electron chi connectivity index (χ1n) is 8.09. The molecule has 4 nitrogen and oxygen atoms in total. The van der Waals surface area contributed by atoms with Gasteiger partial charge in [-0.25, -0.2) is 0 Å². The van der Waals surface area contributed by atoms with Crippen molar-refractivity contribution in [3.05, 3.63) is 105 Å². The molecule has 0 amide bonds. The van der Waals surface area contributed by atoms with Gasteiger partial charge < -0.3 is 0 Å². The number of hydrogen-bond donors (Lipinski definition) is 0. The largest absolute Gasteiger partial charge is 0.293 e. The summed E-state index contributed by atoms with van der Waals surface area (Å²) in [5.41, 5.74) is 4.78. The van der Waals surface area contributed by atoms with Crippen LogP contribution in [0.3, 0.4) is 0 Å². The van der Waals surface area contributed by atoms with E-state index in [1.165, 1.54) is 12.1 Å². The number of nitro benzene ring substituents is 1. The quantitative estimate of drug-likeness (QED) is 0.601. The van der Waals surface area contributed by atoms with Gasteiger partial charge in [0.05, 0.1) is 10.8 Å². The Labute approximate surface area is 145 Å². The SMILES string of the molecule is O=C1c2ccccc2CC2=CC=CC(=Cc3ccc([N+](=O)[O-])cc3)C12. The summed E-state index contributed by atoms with van der Waals surface area (Å²) in [4.78, 5) is 23.4. The molecule has 4 rings (SSSR count). The van der Waals surface area contributed by atoms with Gasteiger partial charge in [0.2, 0.25) is 0 Å². The molecular weight excluding hydrogens is 314 g/mol. The lowest BCUT2D eigenvalue weighted by Crippen LogP contribution is -2.27. The van der Waals surface area contributed by atoms with Gasteiger partial charge >= 0.3 is 0 Å². The Kier molecular flexibility index (Phi) is 3.65. The van der Waals surface area contributed by atoms with Crippen LogP contribution in [0.25, 0.3) is 6.08 Å². The van der Waals surface area contributed by atoms with Gasteiger partial charge in [0.1, 0.15) is 0 Å². The minimum Gasteiger partial charge on any atom is -0.293 e. The Morgan fingerprint density at radius 1 is 1.08 bits per heavy atom. The molecule has 0 heterocycles. The van der Waals surface area contributed by atoms with Crippen LogP contribution in [0.4, 0.5) is 5.69 Å². The van der Waals surface area contributed by atoms with Gasteiger partial charge in [-0.2, -0.15) is 0 Å². The van der Waals surface area contributed by atoms with Crippen LogP contribution in [0, 0.1) is 16.0 Å². The smallest absolute Gasteiger partial charge is 0.269 e. The van der Waals surface area contributed by atoms with Crippen molar-refractivity contribution in [2.75, 3.05) is 0 Å². The average molecular weight is 329 g/mol. The molecule has 0 fully saturated rings. The van der Waals surface area contributed by atoms with Crippen molar-refractivity contribution in [1.29, 1.82) is 0 Å². The summed E-state index contributed by atoms with van der Waals surface area (Å²) in [5.74, 6) is -0.152. The Bertz CT molecular complexity index is 965. The number of hydrogen-bond acceptors (Lipinski definition) is 3. The summed E-state index contributed by atoms with van der Waals surface area (Å²) in [7, 11) is 0. The van der Waals surface area contributed by atoms with Gasteiger partial charge in [0.25, 0.3) is 5.69 Å². The van der Waals surface area contributed by atoms with Gasteiger partial charge in [-0.1, -0.05) is 54.1 Å². The number of Topliss-reactive ketones (excluding diaryl/α,β-unsaturated/α-hetero) is 1. The van der Waals surface area contributed by atoms with E-state index in [2.05, 4.69) is 0 Å². The monoisotopic (exact) mass is 329 g/mol. The van der Waals surface area contributed by atoms with Crippen LogP contribution < -0.4 is 0 Å². The number of nitrogens with zero attached hydrogens (tertiary/aromatic N) is 1. The van der Waals surface area contributed by atoms with E-state index in [1.54, 1.807) is 12.1 Å². The fourth-order valence-corrected chi connectivity index (χ4v) is 3.48. The second-order valence-corrected chi connectivity index (χ2v) is 6.22. The van der Waals surface area contributed by atoms with Gasteiger partial charge in [0, 0.05) is 17.7 Å². The molecule has 0 radical (unpaired) electrons. The summed E-state index contributed by atoms with van der Waals surface area (Å²) < 4.78 is 0. The van der Waals surface area contributed by atoms with E-state index in [0.29, 0.717) is 0 Å². The van der Waals surface area contributed by atoms with Crippen LogP contribution in [0.5, 0.6) is 0 Å². The van der Waals surface area contributed by atoms with Gasteiger partial charge in [-0.05, 0) is 35.3 Å². The first-order chi connectivity index (χ1) is 12.1. The number of non-ortho nitro benzene ring substituents is 1. The highest BCUT2D eigenvalue weighted by atomic mass is 16.6. The highest BCUT2D eigenvalue weighted by molar-refractivity contribution is 6.05. The third-order valence-corrected chi connectivity index (χ3v) is 4.68. The average Bonchev–Trinajstić information content (AvgIpc) is 2.62. The highest BCUT2D eigenvalue weighted by Gasteiger charge is 2.33. The van der Waals surface area contributed by atoms with Crippen molar-refractivity contribution in [2.24, 2.45) is 5.92 Å². The Hall–Kier alpha value is -3.27. The molecule has 4 heteroatoms. The van der Waals surface area contributed by atoms with E-state index in [9.17, 15) is 14.9 Å². The van der Waals surface area contributed by atoms with Crippen LogP contribution in [0.15, 0.2) is 77.9 Å². The van der Waals surface area contributed by atoms with E-state index >= 15 is 0 Å². The number of carbonyl (C=O) groups is 1. The maximum absolute atomic E-state index is 13.0. The molecule has 2 aromatic rings. The predicted molar refractivity (Wildman–Crippen MR) is 96.3 cm³/mol. The molecular formula is C21H15NO3. The number of ketones is 1. The van der Waals surface area contributed by atoms with Crippen molar-refractivity contribution in [2.45, 2.75) is 6.42 Å². The maximum atomic E-state index is 13.0. The van der Waals surface area contributed by atoms with Crippen LogP contribution in [-0.2, 0) is 6.42 Å². The molecule has 0 aromatic heterocycles. The number of carbonyl (C=O) groups excluding carboxylic acids is 1. The zero-order valence-electron chi connectivity index (χ0n) is 13.4. The first-order valence-corrected chi connectivity index (χ1v) is 8.09. The third kappa shape index (κ3) is 2.72. The molecule has 1 unspecified atom stereocenters. The van der Waals surface area contributed by atoms with E-state index < -0.39 is 4.92 Å².